The summed E-state index contributed by atoms with van der Waals surface area (Å²) in [6.45, 7) is 48.8. The van der Waals surface area contributed by atoms with Crippen LogP contribution in [0.15, 0.2) is 0 Å². The van der Waals surface area contributed by atoms with Crippen LogP contribution in [-0.4, -0.2) is 97.1 Å². The Morgan fingerprint density at radius 1 is 0.306 bits per heavy atom. The molecule has 10 heteroatoms. The van der Waals surface area contributed by atoms with Gasteiger partial charge in [0.15, 0.2) is 0 Å². The van der Waals surface area contributed by atoms with Gasteiger partial charge in [0.25, 0.3) is 0 Å². The van der Waals surface area contributed by atoms with Crippen molar-refractivity contribution in [3.8, 4) is 0 Å². The van der Waals surface area contributed by atoms with Gasteiger partial charge in [0.1, 0.15) is 0 Å². The van der Waals surface area contributed by atoms with Crippen molar-refractivity contribution in [2.75, 3.05) is 34.5 Å². The van der Waals surface area contributed by atoms with Gasteiger partial charge in [-0.2, -0.15) is 0 Å². The zero-order valence-electron chi connectivity index (χ0n) is 36.1. The van der Waals surface area contributed by atoms with E-state index in [1.165, 1.54) is 0 Å². The SMILES string of the molecule is CCC(CSC(C)(C)C)(CSC(C)(C)C)[O][Ga]([O]C(CC)(CSC(C)(C)C)CSC(C)(C)C)[O]C(CC)(CSC(C)(C)C)CSC(C)(C)C. The van der Waals surface area contributed by atoms with Crippen LogP contribution in [0.4, 0.5) is 0 Å². The first-order valence-electron chi connectivity index (χ1n) is 18.6. The molecule has 0 spiro atoms. The predicted octanol–water partition coefficient (Wildman–Crippen LogP) is 13.7. The fourth-order valence-electron chi connectivity index (χ4n) is 3.96. The van der Waals surface area contributed by atoms with E-state index in [2.05, 4.69) is 145 Å². The molecule has 0 N–H and O–H groups in total. The number of thioether (sulfide) groups is 6. The quantitative estimate of drug-likeness (QED) is 0.105. The summed E-state index contributed by atoms with van der Waals surface area (Å²) in [7, 11) is 0. The van der Waals surface area contributed by atoms with E-state index in [0.29, 0.717) is 0 Å². The zero-order valence-corrected chi connectivity index (χ0v) is 43.4. The molecule has 0 aromatic heterocycles. The maximum absolute atomic E-state index is 7.69. The molecule has 0 aromatic carbocycles. The van der Waals surface area contributed by atoms with Crippen LogP contribution in [-0.2, 0) is 10.6 Å². The molecule has 49 heavy (non-hydrogen) atoms. The van der Waals surface area contributed by atoms with Gasteiger partial charge in [0, 0.05) is 0 Å². The van der Waals surface area contributed by atoms with Crippen LogP contribution in [0.2, 0.25) is 0 Å². The number of rotatable bonds is 21. The van der Waals surface area contributed by atoms with Gasteiger partial charge in [0.05, 0.1) is 0 Å². The molecule has 0 atom stereocenters. The Morgan fingerprint density at radius 3 is 0.551 bits per heavy atom. The molecular formula is C39H81GaO3S6. The molecule has 3 nitrogen and oxygen atoms in total. The molecule has 0 saturated carbocycles. The van der Waals surface area contributed by atoms with Gasteiger partial charge in [-0.25, -0.2) is 0 Å². The van der Waals surface area contributed by atoms with E-state index >= 15 is 0 Å². The molecule has 0 fully saturated rings. The van der Waals surface area contributed by atoms with E-state index in [0.717, 1.165) is 53.8 Å². The predicted molar refractivity (Wildman–Crippen MR) is 241 cm³/mol. The second-order valence-electron chi connectivity index (χ2n) is 19.7. The second kappa shape index (κ2) is 20.7. The molecule has 0 bridgehead atoms. The molecule has 0 saturated heterocycles. The Morgan fingerprint density at radius 2 is 0.449 bits per heavy atom. The van der Waals surface area contributed by atoms with Gasteiger partial charge in [-0.3, -0.25) is 0 Å². The van der Waals surface area contributed by atoms with E-state index in [1.807, 2.05) is 70.6 Å². The summed E-state index contributed by atoms with van der Waals surface area (Å²) >= 11 is 8.70. The molecule has 0 aliphatic heterocycles. The van der Waals surface area contributed by atoms with E-state index in [-0.39, 0.29) is 45.3 Å². The van der Waals surface area contributed by atoms with Gasteiger partial charge in [-0.1, -0.05) is 0 Å². The van der Waals surface area contributed by atoms with Crippen LogP contribution in [0, 0.1) is 0 Å². The maximum atomic E-state index is 7.69. The Balaban J connectivity index is 7.39. The minimum atomic E-state index is -3.44. The van der Waals surface area contributed by atoms with Gasteiger partial charge in [-0.05, 0) is 0 Å². The van der Waals surface area contributed by atoms with E-state index in [4.69, 9.17) is 10.6 Å². The Kier molecular flexibility index (Phi) is 21.8. The molecule has 0 heterocycles. The minimum absolute atomic E-state index is 0.139. The third kappa shape index (κ3) is 25.4. The first kappa shape index (κ1) is 51.6. The molecule has 0 rings (SSSR count). The monoisotopic (exact) mass is 858 g/mol. The van der Waals surface area contributed by atoms with Gasteiger partial charge >= 0.3 is 343 Å². The van der Waals surface area contributed by atoms with Crippen molar-refractivity contribution in [3.05, 3.63) is 0 Å². The summed E-state index contributed by atoms with van der Waals surface area (Å²) < 4.78 is 23.9. The van der Waals surface area contributed by atoms with Crippen LogP contribution in [0.3, 0.4) is 0 Å². The van der Waals surface area contributed by atoms with Gasteiger partial charge in [-0.15, -0.1) is 0 Å². The molecule has 294 valence electrons. The summed E-state index contributed by atoms with van der Waals surface area (Å²) in [6.07, 6.45) is 2.81. The fraction of sp³-hybridized carbons (Fsp3) is 1.00. The van der Waals surface area contributed by atoms with E-state index in [9.17, 15) is 0 Å². The van der Waals surface area contributed by atoms with Crippen LogP contribution in [0.1, 0.15) is 165 Å². The van der Waals surface area contributed by atoms with Crippen molar-refractivity contribution >= 4 is 87.9 Å². The summed E-state index contributed by atoms with van der Waals surface area (Å²) in [5.74, 6) is 5.61. The standard InChI is InChI=1S/3C13H27OS2.Ga/c3*1-8-13(14,9-15-11(2,3)4)10-16-12(5,6)7;/h3*8-10H2,1-7H3;/q3*-1;+3. The van der Waals surface area contributed by atoms with Gasteiger partial charge < -0.3 is 0 Å². The van der Waals surface area contributed by atoms with Crippen LogP contribution in [0.25, 0.3) is 0 Å². The van der Waals surface area contributed by atoms with Crippen molar-refractivity contribution in [3.63, 3.8) is 0 Å². The molecule has 0 unspecified atom stereocenters. The number of hydrogen-bond acceptors (Lipinski definition) is 9. The summed E-state index contributed by atoms with van der Waals surface area (Å²) in [5, 5.41) is 0. The average molecular weight is 860 g/mol. The Bertz CT molecular complexity index is 747. The molecule has 0 aliphatic rings. The van der Waals surface area contributed by atoms with Crippen molar-refractivity contribution < 1.29 is 10.6 Å². The zero-order chi connectivity index (χ0) is 38.8. The van der Waals surface area contributed by atoms with Crippen molar-refractivity contribution in [1.82, 2.24) is 0 Å². The van der Waals surface area contributed by atoms with Crippen LogP contribution >= 0.6 is 70.6 Å². The molecule has 0 aliphatic carbocycles. The fourth-order valence-corrected chi connectivity index (χ4v) is 17.3. The molecular weight excluding hydrogens is 779 g/mol. The average Bonchev–Trinajstić information content (AvgIpc) is 2.90. The molecule has 0 radical (unpaired) electrons. The first-order valence-corrected chi connectivity index (χ1v) is 27.5. The van der Waals surface area contributed by atoms with Crippen LogP contribution in [0.5, 0.6) is 0 Å². The van der Waals surface area contributed by atoms with E-state index in [1.54, 1.807) is 0 Å². The summed E-state index contributed by atoms with van der Waals surface area (Å²) in [6, 6.07) is 0. The molecule has 0 amide bonds. The van der Waals surface area contributed by atoms with Gasteiger partial charge in [0.2, 0.25) is 0 Å². The number of hydrogen-bond donors (Lipinski definition) is 0. The van der Waals surface area contributed by atoms with Crippen molar-refractivity contribution in [2.24, 2.45) is 0 Å². The van der Waals surface area contributed by atoms with Crippen molar-refractivity contribution in [2.45, 2.75) is 210 Å². The summed E-state index contributed by atoms with van der Waals surface area (Å²) in [4.78, 5) is 0. The third-order valence-electron chi connectivity index (χ3n) is 7.58. The molecule has 0 aromatic rings. The Hall–Kier alpha value is 2.62. The summed E-state index contributed by atoms with van der Waals surface area (Å²) in [5.41, 5.74) is -0.993. The normalized spacial score (nSPS) is 14.9. The Labute approximate surface area is 340 Å². The first-order chi connectivity index (χ1) is 21.7. The second-order valence-corrected chi connectivity index (χ2v) is 33.2. The van der Waals surface area contributed by atoms with Crippen molar-refractivity contribution in [1.29, 1.82) is 0 Å². The van der Waals surface area contributed by atoms with E-state index < -0.39 is 17.3 Å². The third-order valence-corrected chi connectivity index (χ3v) is 21.2. The topological polar surface area (TPSA) is 27.7 Å². The van der Waals surface area contributed by atoms with Crippen LogP contribution < -0.4 is 0 Å².